The lowest BCUT2D eigenvalue weighted by molar-refractivity contribution is -0.670. The molecule has 0 saturated heterocycles. The third kappa shape index (κ3) is 4.11. The minimum Gasteiger partial charge on any atom is -0.378 e. The van der Waals surface area contributed by atoms with Crippen LogP contribution >= 0.6 is 11.8 Å². The zero-order valence-electron chi connectivity index (χ0n) is 17.9. The highest BCUT2D eigenvalue weighted by Crippen LogP contribution is 2.45. The average molecular weight is 444 g/mol. The molecule has 1 aliphatic rings. The smallest absolute Gasteiger partial charge is 0.378 e. The van der Waals surface area contributed by atoms with Crippen molar-refractivity contribution in [2.24, 2.45) is 4.99 Å². The van der Waals surface area contributed by atoms with Crippen LogP contribution in [0.1, 0.15) is 22.8 Å². The predicted molar refractivity (Wildman–Crippen MR) is 127 cm³/mol. The van der Waals surface area contributed by atoms with E-state index >= 15 is 0 Å². The second kappa shape index (κ2) is 8.51. The summed E-state index contributed by atoms with van der Waals surface area (Å²) in [6, 6.07) is 25.1. The molecule has 0 spiro atoms. The molecule has 0 saturated carbocycles. The summed E-state index contributed by atoms with van der Waals surface area (Å²) in [6.45, 7) is 0. The van der Waals surface area contributed by atoms with E-state index in [9.17, 15) is 4.79 Å². The highest BCUT2D eigenvalue weighted by molar-refractivity contribution is 7.99. The predicted octanol–water partition coefficient (Wildman–Crippen LogP) is 4.67. The number of aliphatic imine (C=N–C) groups is 1. The third-order valence-electron chi connectivity index (χ3n) is 5.51. The SMILES string of the molecule is CN(C)c1ccc(C2CC(c3ccc(-[n+]4cc(=O)o[nH]4)cc3)=Nc3ccccc3S2)cc1. The molecule has 1 N–H and O–H groups in total. The molecule has 0 radical (unpaired) electrons. The standard InChI is InChI=1S/C25H22N4O2S/c1-28(2)19-11-9-18(10-12-19)24-15-22(26-21-5-3-4-6-23(21)32-24)17-7-13-20(14-8-17)29-16-25(30)31-27-29/h3-14,16,24H,15H2,1-2H3/p+1. The third-order valence-corrected chi connectivity index (χ3v) is 6.83. The summed E-state index contributed by atoms with van der Waals surface area (Å²) in [5, 5.41) is 2.83. The zero-order chi connectivity index (χ0) is 22.1. The Bertz CT molecular complexity index is 1320. The number of para-hydroxylation sites is 1. The fourth-order valence-corrected chi connectivity index (χ4v) is 4.99. The molecular formula is C25H23N4O2S+. The van der Waals surface area contributed by atoms with E-state index in [-0.39, 0.29) is 5.25 Å². The maximum atomic E-state index is 11.3. The summed E-state index contributed by atoms with van der Waals surface area (Å²) in [6.07, 6.45) is 2.19. The van der Waals surface area contributed by atoms with Gasteiger partial charge in [0.2, 0.25) is 5.69 Å². The van der Waals surface area contributed by atoms with Crippen LogP contribution in [0.15, 0.2) is 98.2 Å². The Morgan fingerprint density at radius 3 is 2.47 bits per heavy atom. The van der Waals surface area contributed by atoms with Crippen LogP contribution in [-0.4, -0.2) is 25.1 Å². The number of rotatable bonds is 4. The monoisotopic (exact) mass is 443 g/mol. The molecule has 3 aromatic carbocycles. The number of nitrogens with zero attached hydrogens (tertiary/aromatic N) is 3. The van der Waals surface area contributed by atoms with Crippen molar-refractivity contribution in [3.8, 4) is 5.69 Å². The topological polar surface area (TPSA) is 65.5 Å². The number of aromatic nitrogens is 2. The van der Waals surface area contributed by atoms with Gasteiger partial charge in [-0.1, -0.05) is 24.3 Å². The Morgan fingerprint density at radius 2 is 1.78 bits per heavy atom. The van der Waals surface area contributed by atoms with E-state index in [2.05, 4.69) is 66.7 Å². The lowest BCUT2D eigenvalue weighted by atomic mass is 10.0. The number of fused-ring (bicyclic) bond motifs is 1. The van der Waals surface area contributed by atoms with Gasteiger partial charge in [0.25, 0.3) is 6.20 Å². The van der Waals surface area contributed by atoms with Crippen LogP contribution < -0.4 is 15.2 Å². The molecule has 4 aromatic rings. The molecule has 6 nitrogen and oxygen atoms in total. The molecule has 0 bridgehead atoms. The molecule has 5 rings (SSSR count). The van der Waals surface area contributed by atoms with Crippen molar-refractivity contribution in [3.63, 3.8) is 0 Å². The van der Waals surface area contributed by atoms with Crippen molar-refractivity contribution in [3.05, 3.63) is 101 Å². The number of aromatic amines is 1. The zero-order valence-corrected chi connectivity index (χ0v) is 18.7. The van der Waals surface area contributed by atoms with E-state index in [0.29, 0.717) is 0 Å². The van der Waals surface area contributed by atoms with Gasteiger partial charge in [-0.3, -0.25) is 9.52 Å². The van der Waals surface area contributed by atoms with Gasteiger partial charge >= 0.3 is 5.63 Å². The molecule has 0 aliphatic carbocycles. The molecule has 0 fully saturated rings. The second-order valence-electron chi connectivity index (χ2n) is 7.88. The molecule has 2 heterocycles. The van der Waals surface area contributed by atoms with E-state index in [1.54, 1.807) is 4.68 Å². The van der Waals surface area contributed by atoms with Crippen molar-refractivity contribution in [2.75, 3.05) is 19.0 Å². The van der Waals surface area contributed by atoms with Gasteiger partial charge in [0.15, 0.2) is 0 Å². The second-order valence-corrected chi connectivity index (χ2v) is 9.13. The van der Waals surface area contributed by atoms with Gasteiger partial charge < -0.3 is 4.90 Å². The number of nitrogens with one attached hydrogen (secondary N) is 1. The number of thioether (sulfide) groups is 1. The van der Waals surface area contributed by atoms with E-state index in [1.807, 2.05) is 42.1 Å². The molecule has 0 amide bonds. The number of anilines is 1. The van der Waals surface area contributed by atoms with Crippen molar-refractivity contribution in [2.45, 2.75) is 16.6 Å². The normalized spacial score (nSPS) is 15.6. The summed E-state index contributed by atoms with van der Waals surface area (Å²) in [7, 11) is 4.11. The number of H-pyrrole nitrogens is 1. The first-order valence-electron chi connectivity index (χ1n) is 10.4. The average Bonchev–Trinajstić information content (AvgIpc) is 3.15. The lowest BCUT2D eigenvalue weighted by Gasteiger charge is -2.18. The molecule has 1 aromatic heterocycles. The van der Waals surface area contributed by atoms with E-state index in [4.69, 9.17) is 9.52 Å². The maximum absolute atomic E-state index is 11.3. The Balaban J connectivity index is 1.50. The minimum atomic E-state index is -0.418. The molecular weight excluding hydrogens is 420 g/mol. The Hall–Kier alpha value is -3.58. The van der Waals surface area contributed by atoms with Crippen LogP contribution in [0.4, 0.5) is 11.4 Å². The van der Waals surface area contributed by atoms with Gasteiger partial charge in [0, 0.05) is 54.2 Å². The lowest BCUT2D eigenvalue weighted by Crippen LogP contribution is -2.32. The first-order chi connectivity index (χ1) is 15.6. The number of benzene rings is 3. The van der Waals surface area contributed by atoms with Gasteiger partial charge in [-0.2, -0.15) is 0 Å². The Kier molecular flexibility index (Phi) is 5.41. The molecule has 32 heavy (non-hydrogen) atoms. The van der Waals surface area contributed by atoms with Gasteiger partial charge in [0.05, 0.1) is 5.69 Å². The van der Waals surface area contributed by atoms with E-state index in [0.717, 1.165) is 29.1 Å². The van der Waals surface area contributed by atoms with Gasteiger partial charge in [-0.25, -0.2) is 4.79 Å². The van der Waals surface area contributed by atoms with Crippen LogP contribution in [0, 0.1) is 0 Å². The largest absolute Gasteiger partial charge is 0.427 e. The molecule has 1 unspecified atom stereocenters. The van der Waals surface area contributed by atoms with Crippen LogP contribution in [0.3, 0.4) is 0 Å². The van der Waals surface area contributed by atoms with Crippen molar-refractivity contribution >= 4 is 28.8 Å². The van der Waals surface area contributed by atoms with Gasteiger partial charge in [-0.05, 0) is 57.5 Å². The maximum Gasteiger partial charge on any atom is 0.427 e. The van der Waals surface area contributed by atoms with Gasteiger partial charge in [0.1, 0.15) is 0 Å². The minimum absolute atomic E-state index is 0.257. The van der Waals surface area contributed by atoms with E-state index < -0.39 is 5.63 Å². The fourth-order valence-electron chi connectivity index (χ4n) is 3.76. The van der Waals surface area contributed by atoms with Crippen LogP contribution in [0.2, 0.25) is 0 Å². The van der Waals surface area contributed by atoms with E-state index in [1.165, 1.54) is 22.3 Å². The highest BCUT2D eigenvalue weighted by atomic mass is 32.2. The Morgan fingerprint density at radius 1 is 1.03 bits per heavy atom. The van der Waals surface area contributed by atoms with Crippen LogP contribution in [0.25, 0.3) is 5.69 Å². The van der Waals surface area contributed by atoms with Crippen molar-refractivity contribution in [1.82, 2.24) is 5.27 Å². The molecule has 1 aliphatic heterocycles. The fraction of sp³-hybridized carbons (Fsp3) is 0.160. The quantitative estimate of drug-likeness (QED) is 0.466. The first kappa shape index (κ1) is 20.3. The summed E-state index contributed by atoms with van der Waals surface area (Å²) in [5.41, 5.74) is 5.98. The van der Waals surface area contributed by atoms with Crippen LogP contribution in [0.5, 0.6) is 0 Å². The first-order valence-corrected chi connectivity index (χ1v) is 11.3. The summed E-state index contributed by atoms with van der Waals surface area (Å²) < 4.78 is 6.32. The van der Waals surface area contributed by atoms with Crippen molar-refractivity contribution in [1.29, 1.82) is 0 Å². The van der Waals surface area contributed by atoms with Crippen molar-refractivity contribution < 1.29 is 9.20 Å². The number of hydrogen-bond donors (Lipinski definition) is 1. The summed E-state index contributed by atoms with van der Waals surface area (Å²) >= 11 is 1.86. The molecule has 160 valence electrons. The van der Waals surface area contributed by atoms with Gasteiger partial charge in [-0.15, -0.1) is 11.8 Å². The number of hydrogen-bond acceptors (Lipinski definition) is 5. The molecule has 7 heteroatoms. The molecule has 1 atom stereocenters. The van der Waals surface area contributed by atoms with Crippen LogP contribution in [-0.2, 0) is 0 Å². The summed E-state index contributed by atoms with van der Waals surface area (Å²) in [5.74, 6) is 0. The summed E-state index contributed by atoms with van der Waals surface area (Å²) in [4.78, 5) is 19.7. The Labute approximate surface area is 190 Å². The highest BCUT2D eigenvalue weighted by Gasteiger charge is 2.23.